The van der Waals surface area contributed by atoms with E-state index in [0.717, 1.165) is 12.2 Å². The van der Waals surface area contributed by atoms with Crippen molar-refractivity contribution in [3.63, 3.8) is 0 Å². The summed E-state index contributed by atoms with van der Waals surface area (Å²) in [5.74, 6) is 0. The van der Waals surface area contributed by atoms with Crippen LogP contribution in [-0.4, -0.2) is 46.8 Å². The van der Waals surface area contributed by atoms with Gasteiger partial charge in [-0.25, -0.2) is 4.98 Å². The van der Waals surface area contributed by atoms with Crippen molar-refractivity contribution in [1.29, 1.82) is 0 Å². The monoisotopic (exact) mass is 212 g/mol. The van der Waals surface area contributed by atoms with Crippen LogP contribution in [0.25, 0.3) is 0 Å². The Kier molecular flexibility index (Phi) is 4.26. The SMILES string of the molecule is CC(CN(C)C)n1cncc1C(N)CO. The predicted octanol–water partition coefficient (Wildman–Crippen LogP) is -0.00220. The Labute approximate surface area is 90.5 Å². The zero-order valence-electron chi connectivity index (χ0n) is 9.59. The van der Waals surface area contributed by atoms with E-state index in [1.54, 1.807) is 12.5 Å². The molecule has 15 heavy (non-hydrogen) atoms. The summed E-state index contributed by atoms with van der Waals surface area (Å²) in [6.45, 7) is 2.97. The second-order valence-electron chi connectivity index (χ2n) is 4.13. The lowest BCUT2D eigenvalue weighted by atomic mass is 10.2. The Morgan fingerprint density at radius 1 is 1.60 bits per heavy atom. The van der Waals surface area contributed by atoms with Crippen molar-refractivity contribution in [2.24, 2.45) is 5.73 Å². The van der Waals surface area contributed by atoms with Gasteiger partial charge < -0.3 is 20.3 Å². The van der Waals surface area contributed by atoms with Crippen LogP contribution in [0.3, 0.4) is 0 Å². The fraction of sp³-hybridized carbons (Fsp3) is 0.700. The number of hydrogen-bond acceptors (Lipinski definition) is 4. The average Bonchev–Trinajstić information content (AvgIpc) is 2.63. The maximum absolute atomic E-state index is 9.02. The first-order valence-corrected chi connectivity index (χ1v) is 5.09. The highest BCUT2D eigenvalue weighted by Crippen LogP contribution is 2.15. The van der Waals surface area contributed by atoms with E-state index in [9.17, 15) is 0 Å². The summed E-state index contributed by atoms with van der Waals surface area (Å²) in [4.78, 5) is 6.18. The van der Waals surface area contributed by atoms with Crippen molar-refractivity contribution < 1.29 is 5.11 Å². The van der Waals surface area contributed by atoms with E-state index in [1.165, 1.54) is 0 Å². The summed E-state index contributed by atoms with van der Waals surface area (Å²) in [7, 11) is 4.05. The first kappa shape index (κ1) is 12.2. The van der Waals surface area contributed by atoms with Crippen LogP contribution in [0, 0.1) is 0 Å². The summed E-state index contributed by atoms with van der Waals surface area (Å²) in [5.41, 5.74) is 6.67. The molecule has 2 atom stereocenters. The number of imidazole rings is 1. The molecule has 5 nitrogen and oxygen atoms in total. The maximum atomic E-state index is 9.02. The summed E-state index contributed by atoms with van der Waals surface area (Å²) in [6.07, 6.45) is 3.48. The van der Waals surface area contributed by atoms with E-state index >= 15 is 0 Å². The number of nitrogens with two attached hydrogens (primary N) is 1. The largest absolute Gasteiger partial charge is 0.394 e. The molecular formula is C10H20N4O. The van der Waals surface area contributed by atoms with E-state index in [1.807, 2.05) is 18.7 Å². The van der Waals surface area contributed by atoms with Gasteiger partial charge >= 0.3 is 0 Å². The molecule has 0 saturated carbocycles. The van der Waals surface area contributed by atoms with Crippen molar-refractivity contribution in [2.45, 2.75) is 19.0 Å². The molecule has 0 saturated heterocycles. The van der Waals surface area contributed by atoms with Gasteiger partial charge in [-0.05, 0) is 21.0 Å². The lowest BCUT2D eigenvalue weighted by Gasteiger charge is -2.22. The minimum absolute atomic E-state index is 0.0552. The minimum atomic E-state index is -0.350. The molecule has 0 fully saturated rings. The fourth-order valence-electron chi connectivity index (χ4n) is 1.68. The Bertz CT molecular complexity index is 297. The van der Waals surface area contributed by atoms with Gasteiger partial charge in [-0.3, -0.25) is 0 Å². The van der Waals surface area contributed by atoms with Crippen molar-refractivity contribution >= 4 is 0 Å². The highest BCUT2D eigenvalue weighted by Gasteiger charge is 2.14. The van der Waals surface area contributed by atoms with Crippen LogP contribution >= 0.6 is 0 Å². The van der Waals surface area contributed by atoms with Gasteiger partial charge in [-0.2, -0.15) is 0 Å². The van der Waals surface area contributed by atoms with Gasteiger partial charge in [0.2, 0.25) is 0 Å². The molecule has 86 valence electrons. The van der Waals surface area contributed by atoms with Crippen molar-refractivity contribution in [3.8, 4) is 0 Å². The minimum Gasteiger partial charge on any atom is -0.394 e. The molecule has 0 aliphatic heterocycles. The standard InChI is InChI=1S/C10H20N4O/c1-8(5-13(2)3)14-7-12-4-10(14)9(11)6-15/h4,7-9,15H,5-6,11H2,1-3H3. The first-order chi connectivity index (χ1) is 7.06. The molecule has 1 heterocycles. The Hall–Kier alpha value is -0.910. The molecule has 0 aromatic carbocycles. The number of likely N-dealkylation sites (N-methyl/N-ethyl adjacent to an activating group) is 1. The van der Waals surface area contributed by atoms with E-state index < -0.39 is 0 Å². The molecule has 0 spiro atoms. The van der Waals surface area contributed by atoms with E-state index in [2.05, 4.69) is 16.8 Å². The Morgan fingerprint density at radius 3 is 2.80 bits per heavy atom. The van der Waals surface area contributed by atoms with Gasteiger partial charge in [-0.1, -0.05) is 0 Å². The lowest BCUT2D eigenvalue weighted by molar-refractivity contribution is 0.258. The molecule has 0 bridgehead atoms. The summed E-state index contributed by atoms with van der Waals surface area (Å²) in [5, 5.41) is 9.02. The van der Waals surface area contributed by atoms with Crippen molar-refractivity contribution in [2.75, 3.05) is 27.2 Å². The van der Waals surface area contributed by atoms with Crippen molar-refractivity contribution in [1.82, 2.24) is 14.5 Å². The third-order valence-corrected chi connectivity index (χ3v) is 2.38. The zero-order valence-corrected chi connectivity index (χ0v) is 9.59. The number of aliphatic hydroxyl groups excluding tert-OH is 1. The number of hydrogen-bond donors (Lipinski definition) is 2. The average molecular weight is 212 g/mol. The summed E-state index contributed by atoms with van der Waals surface area (Å²) < 4.78 is 2.01. The van der Waals surface area contributed by atoms with Crippen molar-refractivity contribution in [3.05, 3.63) is 18.2 Å². The maximum Gasteiger partial charge on any atom is 0.0951 e. The molecule has 0 aliphatic rings. The molecule has 0 aliphatic carbocycles. The third kappa shape index (κ3) is 3.02. The molecule has 1 aromatic rings. The molecule has 5 heteroatoms. The van der Waals surface area contributed by atoms with Crippen LogP contribution < -0.4 is 5.73 Å². The van der Waals surface area contributed by atoms with Crippen LogP contribution in [0.5, 0.6) is 0 Å². The number of rotatable bonds is 5. The molecule has 2 unspecified atom stereocenters. The number of nitrogens with zero attached hydrogens (tertiary/aromatic N) is 3. The Morgan fingerprint density at radius 2 is 2.27 bits per heavy atom. The highest BCUT2D eigenvalue weighted by atomic mass is 16.3. The highest BCUT2D eigenvalue weighted by molar-refractivity contribution is 5.06. The number of aliphatic hydroxyl groups is 1. The van der Waals surface area contributed by atoms with Gasteiger partial charge in [0.1, 0.15) is 0 Å². The third-order valence-electron chi connectivity index (χ3n) is 2.38. The molecule has 0 amide bonds. The predicted molar refractivity (Wildman–Crippen MR) is 59.5 cm³/mol. The molecular weight excluding hydrogens is 192 g/mol. The van der Waals surface area contributed by atoms with Gasteiger partial charge in [0, 0.05) is 18.8 Å². The topological polar surface area (TPSA) is 67.3 Å². The molecule has 1 aromatic heterocycles. The second-order valence-corrected chi connectivity index (χ2v) is 4.13. The first-order valence-electron chi connectivity index (χ1n) is 5.09. The van der Waals surface area contributed by atoms with Crippen LogP contribution in [0.15, 0.2) is 12.5 Å². The Balaban J connectivity index is 2.80. The van der Waals surface area contributed by atoms with E-state index in [-0.39, 0.29) is 12.6 Å². The van der Waals surface area contributed by atoms with E-state index in [4.69, 9.17) is 10.8 Å². The summed E-state index contributed by atoms with van der Waals surface area (Å²) >= 11 is 0. The molecule has 0 radical (unpaired) electrons. The van der Waals surface area contributed by atoms with Crippen LogP contribution in [-0.2, 0) is 0 Å². The molecule has 1 rings (SSSR count). The quantitative estimate of drug-likeness (QED) is 0.721. The summed E-state index contributed by atoms with van der Waals surface area (Å²) in [6, 6.07) is -0.0489. The fourth-order valence-corrected chi connectivity index (χ4v) is 1.68. The number of aromatic nitrogens is 2. The molecule has 3 N–H and O–H groups in total. The van der Waals surface area contributed by atoms with Crippen LogP contribution in [0.4, 0.5) is 0 Å². The smallest absolute Gasteiger partial charge is 0.0951 e. The van der Waals surface area contributed by atoms with E-state index in [0.29, 0.717) is 6.04 Å². The van der Waals surface area contributed by atoms with Crippen LogP contribution in [0.2, 0.25) is 0 Å². The zero-order chi connectivity index (χ0) is 11.4. The normalized spacial score (nSPS) is 15.6. The second kappa shape index (κ2) is 5.25. The van der Waals surface area contributed by atoms with Gasteiger partial charge in [-0.15, -0.1) is 0 Å². The van der Waals surface area contributed by atoms with Gasteiger partial charge in [0.15, 0.2) is 0 Å². The van der Waals surface area contributed by atoms with Gasteiger partial charge in [0.25, 0.3) is 0 Å². The lowest BCUT2D eigenvalue weighted by Crippen LogP contribution is -2.26. The van der Waals surface area contributed by atoms with Gasteiger partial charge in [0.05, 0.1) is 24.7 Å². The van der Waals surface area contributed by atoms with Crippen LogP contribution in [0.1, 0.15) is 24.7 Å².